The van der Waals surface area contributed by atoms with Gasteiger partial charge in [-0.1, -0.05) is 37.3 Å². The summed E-state index contributed by atoms with van der Waals surface area (Å²) in [6.07, 6.45) is 2.26. The lowest BCUT2D eigenvalue weighted by atomic mass is 10.1. The van der Waals surface area contributed by atoms with Crippen LogP contribution in [0.4, 0.5) is 0 Å². The fourth-order valence-corrected chi connectivity index (χ4v) is 2.54. The second-order valence-corrected chi connectivity index (χ2v) is 5.46. The lowest BCUT2D eigenvalue weighted by molar-refractivity contribution is -0.120. The molecule has 1 N–H and O–H groups in total. The van der Waals surface area contributed by atoms with Crippen molar-refractivity contribution < 1.29 is 9.21 Å². The number of oxazole rings is 1. The number of nitrogens with zero attached hydrogens (tertiary/aromatic N) is 1. The lowest BCUT2D eigenvalue weighted by Crippen LogP contribution is -2.23. The fraction of sp³-hybridized carbons (Fsp3) is 0.263. The van der Waals surface area contributed by atoms with Crippen LogP contribution in [0.25, 0.3) is 22.6 Å². The van der Waals surface area contributed by atoms with E-state index in [4.69, 9.17) is 4.42 Å². The number of para-hydroxylation sites is 1. The van der Waals surface area contributed by atoms with Gasteiger partial charge in [-0.05, 0) is 36.6 Å². The molecule has 0 bridgehead atoms. The first-order chi connectivity index (χ1) is 11.3. The Morgan fingerprint density at radius 2 is 1.96 bits per heavy atom. The van der Waals surface area contributed by atoms with E-state index in [-0.39, 0.29) is 5.91 Å². The first kappa shape index (κ1) is 15.3. The number of aryl methyl sites for hydroxylation is 1. The van der Waals surface area contributed by atoms with Crippen molar-refractivity contribution in [2.24, 2.45) is 0 Å². The SMILES string of the molecule is CCC(=O)NCCCc1cccc2nc(-c3ccccc3)oc12. The number of hydrogen-bond acceptors (Lipinski definition) is 3. The molecule has 1 aromatic heterocycles. The zero-order chi connectivity index (χ0) is 16.1. The number of aromatic nitrogens is 1. The first-order valence-electron chi connectivity index (χ1n) is 7.98. The Morgan fingerprint density at radius 3 is 2.74 bits per heavy atom. The zero-order valence-electron chi connectivity index (χ0n) is 13.2. The minimum absolute atomic E-state index is 0.0919. The van der Waals surface area contributed by atoms with Crippen molar-refractivity contribution >= 4 is 17.0 Å². The third-order valence-corrected chi connectivity index (χ3v) is 3.78. The maximum absolute atomic E-state index is 11.3. The maximum Gasteiger partial charge on any atom is 0.227 e. The molecule has 0 aliphatic heterocycles. The van der Waals surface area contributed by atoms with Gasteiger partial charge in [0, 0.05) is 18.5 Å². The predicted octanol–water partition coefficient (Wildman–Crippen LogP) is 3.95. The van der Waals surface area contributed by atoms with Gasteiger partial charge >= 0.3 is 0 Å². The third-order valence-electron chi connectivity index (χ3n) is 3.78. The quantitative estimate of drug-likeness (QED) is 0.701. The van der Waals surface area contributed by atoms with Gasteiger partial charge < -0.3 is 9.73 Å². The van der Waals surface area contributed by atoms with Crippen molar-refractivity contribution in [3.8, 4) is 11.5 Å². The Balaban J connectivity index is 1.76. The van der Waals surface area contributed by atoms with Crippen LogP contribution in [0.2, 0.25) is 0 Å². The summed E-state index contributed by atoms with van der Waals surface area (Å²) < 4.78 is 5.99. The molecule has 3 rings (SSSR count). The molecular weight excluding hydrogens is 288 g/mol. The average Bonchev–Trinajstić information content (AvgIpc) is 3.04. The Morgan fingerprint density at radius 1 is 1.13 bits per heavy atom. The zero-order valence-corrected chi connectivity index (χ0v) is 13.2. The van der Waals surface area contributed by atoms with Crippen molar-refractivity contribution in [2.45, 2.75) is 26.2 Å². The molecule has 0 aliphatic carbocycles. The monoisotopic (exact) mass is 308 g/mol. The van der Waals surface area contributed by atoms with Crippen LogP contribution in [-0.2, 0) is 11.2 Å². The molecule has 4 heteroatoms. The van der Waals surface area contributed by atoms with Crippen LogP contribution in [-0.4, -0.2) is 17.4 Å². The molecule has 4 nitrogen and oxygen atoms in total. The molecular formula is C19H20N2O2. The molecule has 2 aromatic carbocycles. The number of carbonyl (C=O) groups is 1. The van der Waals surface area contributed by atoms with Crippen LogP contribution < -0.4 is 5.32 Å². The topological polar surface area (TPSA) is 55.1 Å². The van der Waals surface area contributed by atoms with Gasteiger partial charge in [-0.15, -0.1) is 0 Å². The summed E-state index contributed by atoms with van der Waals surface area (Å²) in [7, 11) is 0. The van der Waals surface area contributed by atoms with E-state index in [1.807, 2.05) is 49.4 Å². The molecule has 0 fully saturated rings. The molecule has 0 aliphatic rings. The predicted molar refractivity (Wildman–Crippen MR) is 91.1 cm³/mol. The largest absolute Gasteiger partial charge is 0.436 e. The Bertz CT molecular complexity index is 793. The summed E-state index contributed by atoms with van der Waals surface area (Å²) in [6.45, 7) is 2.54. The number of amides is 1. The number of fused-ring (bicyclic) bond motifs is 1. The molecule has 1 heterocycles. The number of hydrogen-bond donors (Lipinski definition) is 1. The van der Waals surface area contributed by atoms with Crippen LogP contribution in [0.5, 0.6) is 0 Å². The van der Waals surface area contributed by atoms with Crippen LogP contribution in [0, 0.1) is 0 Å². The highest BCUT2D eigenvalue weighted by Crippen LogP contribution is 2.26. The van der Waals surface area contributed by atoms with Crippen molar-refractivity contribution in [1.82, 2.24) is 10.3 Å². The van der Waals surface area contributed by atoms with Gasteiger partial charge in [0.15, 0.2) is 5.58 Å². The molecule has 23 heavy (non-hydrogen) atoms. The summed E-state index contributed by atoms with van der Waals surface area (Å²) in [5.41, 5.74) is 3.82. The molecule has 3 aromatic rings. The van der Waals surface area contributed by atoms with Crippen molar-refractivity contribution in [2.75, 3.05) is 6.54 Å². The van der Waals surface area contributed by atoms with Gasteiger partial charge in [0.25, 0.3) is 0 Å². The van der Waals surface area contributed by atoms with E-state index in [2.05, 4.69) is 16.4 Å². The number of carbonyl (C=O) groups excluding carboxylic acids is 1. The summed E-state index contributed by atoms with van der Waals surface area (Å²) >= 11 is 0. The number of rotatable bonds is 6. The third kappa shape index (κ3) is 3.59. The average molecular weight is 308 g/mol. The molecule has 118 valence electrons. The smallest absolute Gasteiger partial charge is 0.227 e. The second kappa shape index (κ2) is 7.09. The Kier molecular flexibility index (Phi) is 4.71. The molecule has 0 spiro atoms. The number of benzene rings is 2. The maximum atomic E-state index is 11.3. The fourth-order valence-electron chi connectivity index (χ4n) is 2.54. The second-order valence-electron chi connectivity index (χ2n) is 5.46. The van der Waals surface area contributed by atoms with E-state index in [1.54, 1.807) is 0 Å². The molecule has 0 unspecified atom stereocenters. The van der Waals surface area contributed by atoms with Gasteiger partial charge in [-0.2, -0.15) is 0 Å². The highest BCUT2D eigenvalue weighted by Gasteiger charge is 2.11. The standard InChI is InChI=1S/C19H20N2O2/c1-2-17(22)20-13-7-11-14-10-6-12-16-18(14)23-19(21-16)15-8-4-3-5-9-15/h3-6,8-10,12H,2,7,11,13H2,1H3,(H,20,22). The van der Waals surface area contributed by atoms with E-state index >= 15 is 0 Å². The highest BCUT2D eigenvalue weighted by molar-refractivity contribution is 5.79. The summed E-state index contributed by atoms with van der Waals surface area (Å²) in [4.78, 5) is 15.8. The van der Waals surface area contributed by atoms with Crippen molar-refractivity contribution in [3.05, 3.63) is 54.1 Å². The van der Waals surface area contributed by atoms with Crippen LogP contribution in [0.3, 0.4) is 0 Å². The number of nitrogens with one attached hydrogen (secondary N) is 1. The molecule has 0 radical (unpaired) electrons. The van der Waals surface area contributed by atoms with E-state index < -0.39 is 0 Å². The normalized spacial score (nSPS) is 10.8. The minimum Gasteiger partial charge on any atom is -0.436 e. The van der Waals surface area contributed by atoms with Crippen LogP contribution in [0.1, 0.15) is 25.3 Å². The van der Waals surface area contributed by atoms with Gasteiger partial charge in [0.2, 0.25) is 11.8 Å². The molecule has 0 saturated carbocycles. The van der Waals surface area contributed by atoms with Crippen molar-refractivity contribution in [1.29, 1.82) is 0 Å². The van der Waals surface area contributed by atoms with E-state index in [0.717, 1.165) is 35.1 Å². The Labute approximate surface area is 135 Å². The van der Waals surface area contributed by atoms with E-state index in [9.17, 15) is 4.79 Å². The minimum atomic E-state index is 0.0919. The van der Waals surface area contributed by atoms with Gasteiger partial charge in [0.1, 0.15) is 5.52 Å². The lowest BCUT2D eigenvalue weighted by Gasteiger charge is -2.04. The van der Waals surface area contributed by atoms with Crippen LogP contribution >= 0.6 is 0 Å². The van der Waals surface area contributed by atoms with E-state index in [0.29, 0.717) is 18.9 Å². The van der Waals surface area contributed by atoms with Gasteiger partial charge in [-0.3, -0.25) is 4.79 Å². The molecule has 1 amide bonds. The summed E-state index contributed by atoms with van der Waals surface area (Å²) in [5.74, 6) is 0.738. The summed E-state index contributed by atoms with van der Waals surface area (Å²) in [5, 5.41) is 2.90. The van der Waals surface area contributed by atoms with Gasteiger partial charge in [0.05, 0.1) is 0 Å². The Hall–Kier alpha value is -2.62. The van der Waals surface area contributed by atoms with Crippen molar-refractivity contribution in [3.63, 3.8) is 0 Å². The van der Waals surface area contributed by atoms with Gasteiger partial charge in [-0.25, -0.2) is 4.98 Å². The molecule has 0 saturated heterocycles. The first-order valence-corrected chi connectivity index (χ1v) is 7.98. The van der Waals surface area contributed by atoms with E-state index in [1.165, 1.54) is 0 Å². The summed E-state index contributed by atoms with van der Waals surface area (Å²) in [6, 6.07) is 15.9. The molecule has 0 atom stereocenters. The van der Waals surface area contributed by atoms with Crippen LogP contribution in [0.15, 0.2) is 52.9 Å². The highest BCUT2D eigenvalue weighted by atomic mass is 16.3.